The molecule has 1 amide bonds. The van der Waals surface area contributed by atoms with Crippen LogP contribution in [0, 0.1) is 6.92 Å². The van der Waals surface area contributed by atoms with Gasteiger partial charge in [-0.05, 0) is 72.8 Å². The summed E-state index contributed by atoms with van der Waals surface area (Å²) in [4.78, 5) is 14.8. The van der Waals surface area contributed by atoms with E-state index in [1.165, 1.54) is 24.0 Å². The molecule has 3 aromatic rings. The lowest BCUT2D eigenvalue weighted by Crippen LogP contribution is -2.41. The van der Waals surface area contributed by atoms with Gasteiger partial charge in [0, 0.05) is 24.4 Å². The number of carbonyl (C=O) groups excluding carboxylic acids is 1. The average molecular weight is 441 g/mol. The van der Waals surface area contributed by atoms with Gasteiger partial charge in [-0.25, -0.2) is 0 Å². The van der Waals surface area contributed by atoms with Crippen molar-refractivity contribution in [1.82, 2.24) is 4.90 Å². The van der Waals surface area contributed by atoms with Crippen molar-refractivity contribution in [3.8, 4) is 11.1 Å². The molecule has 4 heteroatoms. The fraction of sp³-hybridized carbons (Fsp3) is 0.276. The second-order valence-corrected chi connectivity index (χ2v) is 8.81. The number of hydrogen-bond acceptors (Lipinski definition) is 3. The van der Waals surface area contributed by atoms with Crippen molar-refractivity contribution < 1.29 is 9.90 Å². The molecule has 1 unspecified atom stereocenters. The van der Waals surface area contributed by atoms with Crippen LogP contribution in [-0.2, 0) is 11.3 Å². The van der Waals surface area contributed by atoms with E-state index in [0.717, 1.165) is 41.9 Å². The van der Waals surface area contributed by atoms with E-state index in [2.05, 4.69) is 53.5 Å². The van der Waals surface area contributed by atoms with Crippen LogP contribution in [0.3, 0.4) is 0 Å². The van der Waals surface area contributed by atoms with Gasteiger partial charge in [-0.2, -0.15) is 0 Å². The van der Waals surface area contributed by atoms with Crippen LogP contribution in [0.15, 0.2) is 78.9 Å². The molecule has 1 aliphatic heterocycles. The molecule has 1 aliphatic rings. The fourth-order valence-corrected chi connectivity index (χ4v) is 4.33. The summed E-state index contributed by atoms with van der Waals surface area (Å²) < 4.78 is 0. The maximum Gasteiger partial charge on any atom is 0.248 e. The molecular formula is C29H32N2O2. The third-order valence-corrected chi connectivity index (χ3v) is 6.27. The first-order valence-corrected chi connectivity index (χ1v) is 11.7. The van der Waals surface area contributed by atoms with Gasteiger partial charge in [0.1, 0.15) is 0 Å². The van der Waals surface area contributed by atoms with Crippen molar-refractivity contribution in [2.24, 2.45) is 0 Å². The Kier molecular flexibility index (Phi) is 7.71. The predicted molar refractivity (Wildman–Crippen MR) is 136 cm³/mol. The summed E-state index contributed by atoms with van der Waals surface area (Å²) in [5, 5.41) is 12.5. The van der Waals surface area contributed by atoms with Crippen molar-refractivity contribution >= 4 is 17.7 Å². The zero-order valence-corrected chi connectivity index (χ0v) is 19.2. The third kappa shape index (κ3) is 6.41. The Bertz CT molecular complexity index is 1090. The van der Waals surface area contributed by atoms with Crippen LogP contribution in [-0.4, -0.2) is 35.1 Å². The van der Waals surface area contributed by atoms with E-state index in [4.69, 9.17) is 0 Å². The minimum atomic E-state index is -0.153. The number of nitrogens with one attached hydrogen (secondary N) is 1. The first-order chi connectivity index (χ1) is 16.1. The van der Waals surface area contributed by atoms with Crippen molar-refractivity contribution in [2.75, 3.05) is 18.5 Å². The van der Waals surface area contributed by atoms with Gasteiger partial charge in [0.05, 0.1) is 6.61 Å². The molecule has 1 atom stereocenters. The van der Waals surface area contributed by atoms with Gasteiger partial charge >= 0.3 is 0 Å². The molecule has 4 nitrogen and oxygen atoms in total. The first kappa shape index (κ1) is 23.0. The van der Waals surface area contributed by atoms with Crippen LogP contribution < -0.4 is 5.32 Å². The topological polar surface area (TPSA) is 52.6 Å². The molecule has 33 heavy (non-hydrogen) atoms. The standard InChI is InChI=1S/C29H32N2O2/c1-22-8-13-25(14-9-22)26-6-4-5-23(19-26)12-17-29(33)30-27-15-10-24(11-16-27)20-31-18-3-2-7-28(31)21-32/h4-6,8-17,19,28,32H,2-3,7,18,20-21H2,1H3,(H,30,33)/b17-12+. The number of carbonyl (C=O) groups is 1. The normalized spacial score (nSPS) is 16.7. The molecule has 4 rings (SSSR count). The van der Waals surface area contributed by atoms with Crippen LogP contribution in [0.2, 0.25) is 0 Å². The zero-order chi connectivity index (χ0) is 23.0. The minimum Gasteiger partial charge on any atom is -0.395 e. The maximum absolute atomic E-state index is 12.4. The minimum absolute atomic E-state index is 0.153. The Morgan fingerprint density at radius 1 is 1.03 bits per heavy atom. The van der Waals surface area contributed by atoms with Crippen LogP contribution in [0.4, 0.5) is 5.69 Å². The highest BCUT2D eigenvalue weighted by atomic mass is 16.3. The molecule has 0 bridgehead atoms. The molecule has 0 saturated carbocycles. The van der Waals surface area contributed by atoms with Crippen LogP contribution in [0.25, 0.3) is 17.2 Å². The van der Waals surface area contributed by atoms with Gasteiger partial charge in [0.2, 0.25) is 5.91 Å². The number of aryl methyl sites for hydroxylation is 1. The Labute approximate surface area is 196 Å². The first-order valence-electron chi connectivity index (χ1n) is 11.7. The van der Waals surface area contributed by atoms with Gasteiger partial charge in [-0.3, -0.25) is 9.69 Å². The van der Waals surface area contributed by atoms with Crippen LogP contribution in [0.1, 0.15) is 36.0 Å². The summed E-state index contributed by atoms with van der Waals surface area (Å²) in [7, 11) is 0. The molecule has 0 spiro atoms. The summed E-state index contributed by atoms with van der Waals surface area (Å²) in [5.74, 6) is -0.153. The van der Waals surface area contributed by atoms with Gasteiger partial charge in [-0.1, -0.05) is 66.6 Å². The zero-order valence-electron chi connectivity index (χ0n) is 19.2. The largest absolute Gasteiger partial charge is 0.395 e. The molecule has 0 aromatic heterocycles. The average Bonchev–Trinajstić information content (AvgIpc) is 2.85. The molecule has 0 radical (unpaired) electrons. The van der Waals surface area contributed by atoms with E-state index in [9.17, 15) is 9.90 Å². The Morgan fingerprint density at radius 2 is 1.82 bits per heavy atom. The van der Waals surface area contributed by atoms with Crippen LogP contribution in [0.5, 0.6) is 0 Å². The highest BCUT2D eigenvalue weighted by molar-refractivity contribution is 6.02. The molecule has 1 saturated heterocycles. The number of rotatable bonds is 7. The molecule has 170 valence electrons. The smallest absolute Gasteiger partial charge is 0.248 e. The lowest BCUT2D eigenvalue weighted by Gasteiger charge is -2.34. The molecule has 2 N–H and O–H groups in total. The summed E-state index contributed by atoms with van der Waals surface area (Å²) in [6, 6.07) is 24.9. The Morgan fingerprint density at radius 3 is 2.58 bits per heavy atom. The van der Waals surface area contributed by atoms with Gasteiger partial charge < -0.3 is 10.4 Å². The monoisotopic (exact) mass is 440 g/mol. The number of likely N-dealkylation sites (tertiary alicyclic amines) is 1. The number of piperidine rings is 1. The van der Waals surface area contributed by atoms with E-state index in [-0.39, 0.29) is 18.6 Å². The van der Waals surface area contributed by atoms with Gasteiger partial charge in [0.15, 0.2) is 0 Å². The SMILES string of the molecule is Cc1ccc(-c2cccc(/C=C/C(=O)Nc3ccc(CN4CCCCC4CO)cc3)c2)cc1. The van der Waals surface area contributed by atoms with Crippen LogP contribution >= 0.6 is 0 Å². The van der Waals surface area contributed by atoms with Crippen molar-refractivity contribution in [3.05, 3.63) is 95.6 Å². The Hall–Kier alpha value is -3.21. The molecule has 0 aliphatic carbocycles. The summed E-state index contributed by atoms with van der Waals surface area (Å²) in [6.45, 7) is 4.15. The molecule has 1 fully saturated rings. The second-order valence-electron chi connectivity index (χ2n) is 8.81. The fourth-order valence-electron chi connectivity index (χ4n) is 4.33. The third-order valence-electron chi connectivity index (χ3n) is 6.27. The van der Waals surface area contributed by atoms with Gasteiger partial charge in [0.25, 0.3) is 0 Å². The van der Waals surface area contributed by atoms with Crippen molar-refractivity contribution in [3.63, 3.8) is 0 Å². The van der Waals surface area contributed by atoms with E-state index in [0.29, 0.717) is 0 Å². The van der Waals surface area contributed by atoms with E-state index in [1.54, 1.807) is 6.08 Å². The lowest BCUT2D eigenvalue weighted by molar-refractivity contribution is -0.111. The lowest BCUT2D eigenvalue weighted by atomic mass is 10.0. The van der Waals surface area contributed by atoms with E-state index < -0.39 is 0 Å². The summed E-state index contributed by atoms with van der Waals surface area (Å²) in [5.41, 5.74) is 6.48. The number of benzene rings is 3. The summed E-state index contributed by atoms with van der Waals surface area (Å²) in [6.07, 6.45) is 6.85. The van der Waals surface area contributed by atoms with Gasteiger partial charge in [-0.15, -0.1) is 0 Å². The Balaban J connectivity index is 1.34. The van der Waals surface area contributed by atoms with Crippen molar-refractivity contribution in [1.29, 1.82) is 0 Å². The second kappa shape index (κ2) is 11.1. The highest BCUT2D eigenvalue weighted by Gasteiger charge is 2.21. The molecular weight excluding hydrogens is 408 g/mol. The molecule has 1 heterocycles. The number of amides is 1. The van der Waals surface area contributed by atoms with E-state index in [1.807, 2.05) is 42.5 Å². The predicted octanol–water partition coefficient (Wildman–Crippen LogP) is 5.66. The number of aliphatic hydroxyl groups excluding tert-OH is 1. The summed E-state index contributed by atoms with van der Waals surface area (Å²) >= 11 is 0. The molecule has 3 aromatic carbocycles. The highest BCUT2D eigenvalue weighted by Crippen LogP contribution is 2.22. The maximum atomic E-state index is 12.4. The number of hydrogen-bond donors (Lipinski definition) is 2. The number of aliphatic hydroxyl groups is 1. The number of anilines is 1. The van der Waals surface area contributed by atoms with Crippen molar-refractivity contribution in [2.45, 2.75) is 38.8 Å². The quantitative estimate of drug-likeness (QED) is 0.466. The van der Waals surface area contributed by atoms with E-state index >= 15 is 0 Å². The number of nitrogens with zero attached hydrogens (tertiary/aromatic N) is 1.